The van der Waals surface area contributed by atoms with E-state index < -0.39 is 0 Å². The van der Waals surface area contributed by atoms with Crippen molar-refractivity contribution in [1.29, 1.82) is 0 Å². The van der Waals surface area contributed by atoms with E-state index in [4.69, 9.17) is 10.2 Å². The van der Waals surface area contributed by atoms with E-state index in [2.05, 4.69) is 13.8 Å². The summed E-state index contributed by atoms with van der Waals surface area (Å²) in [4.78, 5) is 0. The van der Waals surface area contributed by atoms with Gasteiger partial charge in [-0.3, -0.25) is 0 Å². The van der Waals surface area contributed by atoms with Gasteiger partial charge in [0.25, 0.3) is 0 Å². The van der Waals surface area contributed by atoms with E-state index in [1.165, 1.54) is 38.5 Å². The van der Waals surface area contributed by atoms with Crippen molar-refractivity contribution in [3.05, 3.63) is 0 Å². The molecule has 0 bridgehead atoms. The van der Waals surface area contributed by atoms with Crippen molar-refractivity contribution in [2.75, 3.05) is 13.2 Å². The highest BCUT2D eigenvalue weighted by atomic mass is 16.3. The highest BCUT2D eigenvalue weighted by Crippen LogP contribution is 2.14. The van der Waals surface area contributed by atoms with Gasteiger partial charge in [0.1, 0.15) is 0 Å². The van der Waals surface area contributed by atoms with Crippen LogP contribution in [0.25, 0.3) is 0 Å². The lowest BCUT2D eigenvalue weighted by atomic mass is 9.98. The minimum absolute atomic E-state index is 0.306. The number of hydrogen-bond acceptors (Lipinski definition) is 2. The van der Waals surface area contributed by atoms with E-state index in [0.29, 0.717) is 25.0 Å². The van der Waals surface area contributed by atoms with Crippen LogP contribution in [0, 0.1) is 11.8 Å². The fraction of sp³-hybridized carbons (Fsp3) is 1.00. The predicted molar refractivity (Wildman–Crippen MR) is 71.5 cm³/mol. The average Bonchev–Trinajstić information content (AvgIpc) is 2.29. The largest absolute Gasteiger partial charge is 0.396 e. The molecule has 0 aliphatic carbocycles. The summed E-state index contributed by atoms with van der Waals surface area (Å²) in [6.45, 7) is 9.04. The smallest absolute Gasteiger partial charge is 0.0459 e. The van der Waals surface area contributed by atoms with Gasteiger partial charge in [0, 0.05) is 13.2 Å². The van der Waals surface area contributed by atoms with Crippen molar-refractivity contribution in [2.45, 2.75) is 66.2 Å². The van der Waals surface area contributed by atoms with Crippen LogP contribution >= 0.6 is 0 Å². The summed E-state index contributed by atoms with van der Waals surface area (Å²) in [5.74, 6) is 1.02. The first-order chi connectivity index (χ1) is 7.62. The highest BCUT2D eigenvalue weighted by Gasteiger charge is 2.04. The monoisotopic (exact) mass is 232 g/mol. The zero-order valence-electron chi connectivity index (χ0n) is 11.7. The maximum absolute atomic E-state index is 8.96. The Labute approximate surface area is 102 Å². The summed E-state index contributed by atoms with van der Waals surface area (Å²) in [6, 6.07) is 0. The number of aliphatic hydroxyl groups is 2. The van der Waals surface area contributed by atoms with Gasteiger partial charge in [0.05, 0.1) is 0 Å². The van der Waals surface area contributed by atoms with E-state index >= 15 is 0 Å². The Morgan fingerprint density at radius 3 is 1.69 bits per heavy atom. The molecule has 1 atom stereocenters. The van der Waals surface area contributed by atoms with Crippen molar-refractivity contribution < 1.29 is 10.2 Å². The molecule has 0 spiro atoms. The van der Waals surface area contributed by atoms with Gasteiger partial charge in [-0.2, -0.15) is 0 Å². The molecule has 0 aliphatic heterocycles. The number of hydrogen-bond donors (Lipinski definition) is 2. The zero-order valence-corrected chi connectivity index (χ0v) is 11.7. The van der Waals surface area contributed by atoms with Gasteiger partial charge in [0.15, 0.2) is 0 Å². The quantitative estimate of drug-likeness (QED) is 0.628. The van der Waals surface area contributed by atoms with Gasteiger partial charge in [0.2, 0.25) is 0 Å². The Hall–Kier alpha value is -0.0800. The lowest BCUT2D eigenvalue weighted by molar-refractivity contribution is 0.207. The Morgan fingerprint density at radius 2 is 1.38 bits per heavy atom. The fourth-order valence-corrected chi connectivity index (χ4v) is 1.42. The molecule has 16 heavy (non-hydrogen) atoms. The molecule has 0 fully saturated rings. The molecule has 0 aromatic rings. The lowest BCUT2D eigenvalue weighted by Crippen LogP contribution is -2.05. The average molecular weight is 232 g/mol. The van der Waals surface area contributed by atoms with Crippen LogP contribution < -0.4 is 0 Å². The van der Waals surface area contributed by atoms with E-state index in [-0.39, 0.29) is 0 Å². The van der Waals surface area contributed by atoms with Gasteiger partial charge < -0.3 is 10.2 Å². The minimum Gasteiger partial charge on any atom is -0.396 e. The summed E-state index contributed by atoms with van der Waals surface area (Å²) in [7, 11) is 0. The third-order valence-corrected chi connectivity index (χ3v) is 2.54. The molecule has 2 N–H and O–H groups in total. The topological polar surface area (TPSA) is 40.5 Å². The predicted octanol–water partition coefficient (Wildman–Crippen LogP) is 3.61. The first-order valence-corrected chi connectivity index (χ1v) is 6.83. The Morgan fingerprint density at radius 1 is 0.812 bits per heavy atom. The van der Waals surface area contributed by atoms with Crippen LogP contribution in [0.4, 0.5) is 0 Å². The summed E-state index contributed by atoms with van der Waals surface area (Å²) in [6.07, 6.45) is 7.52. The van der Waals surface area contributed by atoms with Gasteiger partial charge in [-0.25, -0.2) is 0 Å². The highest BCUT2D eigenvalue weighted by molar-refractivity contribution is 4.56. The summed E-state index contributed by atoms with van der Waals surface area (Å²) >= 11 is 0. The molecule has 0 amide bonds. The van der Waals surface area contributed by atoms with Gasteiger partial charge in [-0.05, 0) is 24.7 Å². The summed E-state index contributed by atoms with van der Waals surface area (Å²) in [5, 5.41) is 17.1. The zero-order chi connectivity index (χ0) is 12.8. The van der Waals surface area contributed by atoms with Crippen LogP contribution in [-0.2, 0) is 0 Å². The third kappa shape index (κ3) is 16.4. The molecular formula is C14H32O2. The first kappa shape index (κ1) is 18.3. The number of rotatable bonds is 8. The minimum atomic E-state index is 0.306. The number of aliphatic hydroxyl groups excluding tert-OH is 2. The maximum atomic E-state index is 8.96. The maximum Gasteiger partial charge on any atom is 0.0459 e. The van der Waals surface area contributed by atoms with Crippen molar-refractivity contribution in [1.82, 2.24) is 0 Å². The van der Waals surface area contributed by atoms with Crippen LogP contribution in [0.5, 0.6) is 0 Å². The van der Waals surface area contributed by atoms with Crippen molar-refractivity contribution in [2.24, 2.45) is 11.8 Å². The molecule has 100 valence electrons. The van der Waals surface area contributed by atoms with Crippen molar-refractivity contribution in [3.63, 3.8) is 0 Å². The standard InChI is InChI=1S/C10H22O.C4H10O/c1-3-5-6-8-10(9-11)7-4-2;1-4(2)3-5/h10-11H,3-9H2,1-2H3;4-5H,3H2,1-2H3. The van der Waals surface area contributed by atoms with Crippen LogP contribution in [-0.4, -0.2) is 23.4 Å². The second-order valence-electron chi connectivity index (χ2n) is 4.91. The van der Waals surface area contributed by atoms with E-state index in [9.17, 15) is 0 Å². The Balaban J connectivity index is 0. The van der Waals surface area contributed by atoms with E-state index in [1.807, 2.05) is 13.8 Å². The van der Waals surface area contributed by atoms with E-state index in [1.54, 1.807) is 0 Å². The second kappa shape index (κ2) is 14.9. The molecular weight excluding hydrogens is 200 g/mol. The first-order valence-electron chi connectivity index (χ1n) is 6.83. The van der Waals surface area contributed by atoms with Gasteiger partial charge in [-0.1, -0.05) is 53.4 Å². The van der Waals surface area contributed by atoms with Crippen LogP contribution in [0.2, 0.25) is 0 Å². The van der Waals surface area contributed by atoms with Crippen LogP contribution in [0.3, 0.4) is 0 Å². The van der Waals surface area contributed by atoms with Crippen LogP contribution in [0.1, 0.15) is 66.2 Å². The molecule has 0 aromatic heterocycles. The third-order valence-electron chi connectivity index (χ3n) is 2.54. The fourth-order valence-electron chi connectivity index (χ4n) is 1.42. The summed E-state index contributed by atoms with van der Waals surface area (Å²) in [5.41, 5.74) is 0. The van der Waals surface area contributed by atoms with Gasteiger partial charge >= 0.3 is 0 Å². The molecule has 0 aliphatic rings. The van der Waals surface area contributed by atoms with Crippen LogP contribution in [0.15, 0.2) is 0 Å². The molecule has 0 heterocycles. The molecule has 0 radical (unpaired) electrons. The SMILES string of the molecule is CC(C)CO.CCCCCC(CO)CCC. The Bertz CT molecular complexity index is 113. The normalized spacial score (nSPS) is 12.2. The molecule has 1 unspecified atom stereocenters. The molecule has 0 saturated heterocycles. The molecule has 2 heteroatoms. The van der Waals surface area contributed by atoms with Crippen molar-refractivity contribution >= 4 is 0 Å². The number of unbranched alkanes of at least 4 members (excludes halogenated alkanes) is 2. The molecule has 0 aromatic carbocycles. The molecule has 2 nitrogen and oxygen atoms in total. The lowest BCUT2D eigenvalue weighted by Gasteiger charge is -2.11. The van der Waals surface area contributed by atoms with E-state index in [0.717, 1.165) is 0 Å². The second-order valence-corrected chi connectivity index (χ2v) is 4.91. The molecule has 0 rings (SSSR count). The summed E-state index contributed by atoms with van der Waals surface area (Å²) < 4.78 is 0. The van der Waals surface area contributed by atoms with Gasteiger partial charge in [-0.15, -0.1) is 0 Å². The Kier molecular flexibility index (Phi) is 17.1. The van der Waals surface area contributed by atoms with Crippen molar-refractivity contribution in [3.8, 4) is 0 Å². The molecule has 0 saturated carbocycles.